The number of aromatic nitrogens is 3. The second kappa shape index (κ2) is 5.47. The SMILES string of the molecule is Cc1ccc(NCCc2ncn(C)n2)cc1[N+](=O)[O-]. The minimum atomic E-state index is -0.374. The second-order valence-electron chi connectivity index (χ2n) is 4.27. The zero-order valence-electron chi connectivity index (χ0n) is 10.8. The van der Waals surface area contributed by atoms with Crippen molar-refractivity contribution < 1.29 is 4.92 Å². The zero-order valence-corrected chi connectivity index (χ0v) is 10.8. The standard InChI is InChI=1S/C12H15N5O2/c1-9-3-4-10(7-11(9)17(18)19)13-6-5-12-14-8-16(2)15-12/h3-4,7-8,13H,5-6H2,1-2H3. The molecule has 0 saturated heterocycles. The van der Waals surface area contributed by atoms with Gasteiger partial charge < -0.3 is 5.32 Å². The van der Waals surface area contributed by atoms with Crippen LogP contribution in [-0.2, 0) is 13.5 Å². The first-order valence-corrected chi connectivity index (χ1v) is 5.89. The van der Waals surface area contributed by atoms with Gasteiger partial charge in [0, 0.05) is 37.3 Å². The highest BCUT2D eigenvalue weighted by Crippen LogP contribution is 2.22. The van der Waals surface area contributed by atoms with Crippen molar-refractivity contribution in [2.24, 2.45) is 7.05 Å². The number of benzene rings is 1. The molecular formula is C12H15N5O2. The van der Waals surface area contributed by atoms with Gasteiger partial charge in [-0.15, -0.1) is 0 Å². The molecule has 19 heavy (non-hydrogen) atoms. The molecule has 0 aliphatic heterocycles. The number of nitrogens with one attached hydrogen (secondary N) is 1. The van der Waals surface area contributed by atoms with Crippen molar-refractivity contribution in [2.45, 2.75) is 13.3 Å². The molecule has 1 N–H and O–H groups in total. The Hall–Kier alpha value is -2.44. The van der Waals surface area contributed by atoms with Crippen molar-refractivity contribution >= 4 is 11.4 Å². The molecule has 0 spiro atoms. The summed E-state index contributed by atoms with van der Waals surface area (Å²) < 4.78 is 1.64. The lowest BCUT2D eigenvalue weighted by Gasteiger charge is -2.05. The molecule has 0 unspecified atom stereocenters. The van der Waals surface area contributed by atoms with Crippen LogP contribution in [0.3, 0.4) is 0 Å². The van der Waals surface area contributed by atoms with Crippen LogP contribution in [0.5, 0.6) is 0 Å². The lowest BCUT2D eigenvalue weighted by molar-refractivity contribution is -0.385. The number of nitrogens with zero attached hydrogens (tertiary/aromatic N) is 4. The molecule has 2 rings (SSSR count). The molecule has 0 aliphatic carbocycles. The van der Waals surface area contributed by atoms with Crippen molar-refractivity contribution in [3.8, 4) is 0 Å². The van der Waals surface area contributed by atoms with Gasteiger partial charge in [-0.1, -0.05) is 6.07 Å². The Morgan fingerprint density at radius 3 is 2.89 bits per heavy atom. The highest BCUT2D eigenvalue weighted by Gasteiger charge is 2.10. The van der Waals surface area contributed by atoms with Gasteiger partial charge in [0.25, 0.3) is 5.69 Å². The molecule has 0 fully saturated rings. The van der Waals surface area contributed by atoms with Crippen molar-refractivity contribution in [3.05, 3.63) is 46.0 Å². The Bertz CT molecular complexity index is 594. The Balaban J connectivity index is 1.96. The van der Waals surface area contributed by atoms with E-state index in [0.29, 0.717) is 18.5 Å². The predicted molar refractivity (Wildman–Crippen MR) is 71.0 cm³/mol. The third-order valence-electron chi connectivity index (χ3n) is 2.73. The van der Waals surface area contributed by atoms with Crippen molar-refractivity contribution in [3.63, 3.8) is 0 Å². The molecule has 0 amide bonds. The Morgan fingerprint density at radius 2 is 2.26 bits per heavy atom. The van der Waals surface area contributed by atoms with Crippen molar-refractivity contribution in [1.82, 2.24) is 14.8 Å². The van der Waals surface area contributed by atoms with Crippen LogP contribution in [0.15, 0.2) is 24.5 Å². The fraction of sp³-hybridized carbons (Fsp3) is 0.333. The summed E-state index contributed by atoms with van der Waals surface area (Å²) in [4.78, 5) is 14.6. The molecule has 7 heteroatoms. The molecule has 7 nitrogen and oxygen atoms in total. The van der Waals surface area contributed by atoms with Crippen LogP contribution in [0, 0.1) is 17.0 Å². The minimum absolute atomic E-state index is 0.126. The lowest BCUT2D eigenvalue weighted by Crippen LogP contribution is -2.07. The molecule has 1 heterocycles. The van der Waals surface area contributed by atoms with Crippen LogP contribution < -0.4 is 5.32 Å². The van der Waals surface area contributed by atoms with Gasteiger partial charge in [-0.25, -0.2) is 4.98 Å². The molecule has 0 bridgehead atoms. The second-order valence-corrected chi connectivity index (χ2v) is 4.27. The number of hydrogen-bond acceptors (Lipinski definition) is 5. The zero-order chi connectivity index (χ0) is 13.8. The highest BCUT2D eigenvalue weighted by atomic mass is 16.6. The monoisotopic (exact) mass is 261 g/mol. The number of aryl methyl sites for hydroxylation is 2. The Kier molecular flexibility index (Phi) is 3.74. The van der Waals surface area contributed by atoms with Gasteiger partial charge in [-0.05, 0) is 13.0 Å². The third-order valence-corrected chi connectivity index (χ3v) is 2.73. The molecule has 0 radical (unpaired) electrons. The first-order valence-electron chi connectivity index (χ1n) is 5.89. The van der Waals surface area contributed by atoms with Gasteiger partial charge in [0.2, 0.25) is 0 Å². The lowest BCUT2D eigenvalue weighted by atomic mass is 10.2. The van der Waals surface area contributed by atoms with Gasteiger partial charge in [-0.3, -0.25) is 14.8 Å². The van der Waals surface area contributed by atoms with E-state index in [0.717, 1.165) is 11.5 Å². The van der Waals surface area contributed by atoms with Gasteiger partial charge in [0.15, 0.2) is 5.82 Å². The quantitative estimate of drug-likeness (QED) is 0.653. The predicted octanol–water partition coefficient (Wildman–Crippen LogP) is 1.69. The van der Waals surface area contributed by atoms with E-state index in [1.807, 2.05) is 13.1 Å². The molecule has 0 saturated carbocycles. The maximum absolute atomic E-state index is 10.8. The molecule has 1 aromatic heterocycles. The summed E-state index contributed by atoms with van der Waals surface area (Å²) in [7, 11) is 1.81. The summed E-state index contributed by atoms with van der Waals surface area (Å²) >= 11 is 0. The summed E-state index contributed by atoms with van der Waals surface area (Å²) in [6.07, 6.45) is 2.31. The summed E-state index contributed by atoms with van der Waals surface area (Å²) in [5, 5.41) is 18.1. The van der Waals surface area contributed by atoms with Crippen molar-refractivity contribution in [2.75, 3.05) is 11.9 Å². The fourth-order valence-electron chi connectivity index (χ4n) is 1.73. The maximum atomic E-state index is 10.8. The first kappa shape index (κ1) is 13.0. The van der Waals surface area contributed by atoms with E-state index in [-0.39, 0.29) is 10.6 Å². The van der Waals surface area contributed by atoms with Crippen LogP contribution in [0.2, 0.25) is 0 Å². The largest absolute Gasteiger partial charge is 0.384 e. The molecular weight excluding hydrogens is 246 g/mol. The first-order chi connectivity index (χ1) is 9.06. The number of nitro benzene ring substituents is 1. The van der Waals surface area contributed by atoms with Crippen molar-refractivity contribution in [1.29, 1.82) is 0 Å². The molecule has 0 atom stereocenters. The number of anilines is 1. The van der Waals surface area contributed by atoms with E-state index >= 15 is 0 Å². The van der Waals surface area contributed by atoms with Crippen LogP contribution in [0.25, 0.3) is 0 Å². The van der Waals surface area contributed by atoms with Crippen LogP contribution >= 0.6 is 0 Å². The van der Waals surface area contributed by atoms with Crippen LogP contribution in [0.4, 0.5) is 11.4 Å². The summed E-state index contributed by atoms with van der Waals surface area (Å²) in [5.74, 6) is 0.747. The maximum Gasteiger partial charge on any atom is 0.274 e. The van der Waals surface area contributed by atoms with E-state index in [1.54, 1.807) is 30.1 Å². The van der Waals surface area contributed by atoms with Crippen LogP contribution in [-0.4, -0.2) is 26.2 Å². The van der Waals surface area contributed by atoms with E-state index < -0.39 is 0 Å². The molecule has 1 aromatic carbocycles. The number of hydrogen-bond donors (Lipinski definition) is 1. The van der Waals surface area contributed by atoms with E-state index in [9.17, 15) is 10.1 Å². The van der Waals surface area contributed by atoms with E-state index in [2.05, 4.69) is 15.4 Å². The number of rotatable bonds is 5. The molecule has 2 aromatic rings. The van der Waals surface area contributed by atoms with Crippen LogP contribution in [0.1, 0.15) is 11.4 Å². The Morgan fingerprint density at radius 1 is 1.47 bits per heavy atom. The fourth-order valence-corrected chi connectivity index (χ4v) is 1.73. The topological polar surface area (TPSA) is 85.9 Å². The average Bonchev–Trinajstić information content (AvgIpc) is 2.77. The minimum Gasteiger partial charge on any atom is -0.384 e. The van der Waals surface area contributed by atoms with Gasteiger partial charge in [-0.2, -0.15) is 5.10 Å². The van der Waals surface area contributed by atoms with Gasteiger partial charge >= 0.3 is 0 Å². The smallest absolute Gasteiger partial charge is 0.274 e. The molecule has 0 aliphatic rings. The summed E-state index contributed by atoms with van der Waals surface area (Å²) in [5.41, 5.74) is 1.51. The van der Waals surface area contributed by atoms with Gasteiger partial charge in [0.05, 0.1) is 4.92 Å². The number of nitro groups is 1. The highest BCUT2D eigenvalue weighted by molar-refractivity contribution is 5.54. The van der Waals surface area contributed by atoms with E-state index in [4.69, 9.17) is 0 Å². The summed E-state index contributed by atoms with van der Waals surface area (Å²) in [6.45, 7) is 2.35. The third kappa shape index (κ3) is 3.27. The van der Waals surface area contributed by atoms with E-state index in [1.165, 1.54) is 0 Å². The Labute approximate surface area is 110 Å². The molecule has 100 valence electrons. The average molecular weight is 261 g/mol. The van der Waals surface area contributed by atoms with Gasteiger partial charge in [0.1, 0.15) is 6.33 Å². The summed E-state index contributed by atoms with van der Waals surface area (Å²) in [6, 6.07) is 5.11. The normalized spacial score (nSPS) is 10.4.